The van der Waals surface area contributed by atoms with Gasteiger partial charge in [-0.15, -0.1) is 0 Å². The van der Waals surface area contributed by atoms with Gasteiger partial charge in [-0.3, -0.25) is 4.79 Å². The van der Waals surface area contributed by atoms with E-state index in [0.29, 0.717) is 24.5 Å². The Labute approximate surface area is 120 Å². The van der Waals surface area contributed by atoms with Gasteiger partial charge in [0.1, 0.15) is 11.8 Å². The van der Waals surface area contributed by atoms with Gasteiger partial charge < -0.3 is 15.0 Å². The number of carbonyl (C=O) groups excluding carboxylic acids is 1. The van der Waals surface area contributed by atoms with Gasteiger partial charge in [-0.05, 0) is 26.0 Å². The molecule has 5 nitrogen and oxygen atoms in total. The van der Waals surface area contributed by atoms with Crippen LogP contribution in [0.3, 0.4) is 0 Å². The predicted octanol–water partition coefficient (Wildman–Crippen LogP) is 2.26. The number of para-hydroxylation sites is 2. The molecule has 0 fully saturated rings. The maximum atomic E-state index is 12.0. The molecule has 0 radical (unpaired) electrons. The molecule has 0 aliphatic rings. The molecule has 0 spiro atoms. The molecule has 20 heavy (non-hydrogen) atoms. The third-order valence-corrected chi connectivity index (χ3v) is 3.09. The molecule has 1 rings (SSSR count). The van der Waals surface area contributed by atoms with E-state index in [9.17, 15) is 10.1 Å². The number of hydrogen-bond acceptors (Lipinski definition) is 4. The fourth-order valence-corrected chi connectivity index (χ4v) is 1.96. The van der Waals surface area contributed by atoms with Crippen LogP contribution in [0.4, 0.5) is 5.69 Å². The second kappa shape index (κ2) is 8.05. The van der Waals surface area contributed by atoms with Crippen LogP contribution < -0.4 is 10.1 Å². The lowest BCUT2D eigenvalue weighted by Crippen LogP contribution is -2.34. The summed E-state index contributed by atoms with van der Waals surface area (Å²) in [6.07, 6.45) is 0.149. The third kappa shape index (κ3) is 4.16. The number of rotatable bonds is 7. The Morgan fingerprint density at radius 3 is 2.60 bits per heavy atom. The maximum absolute atomic E-state index is 12.0. The van der Waals surface area contributed by atoms with Crippen LogP contribution in [0.15, 0.2) is 24.3 Å². The molecule has 1 atom stereocenters. The second-order valence-corrected chi connectivity index (χ2v) is 4.30. The monoisotopic (exact) mass is 275 g/mol. The van der Waals surface area contributed by atoms with E-state index in [2.05, 4.69) is 11.4 Å². The third-order valence-electron chi connectivity index (χ3n) is 3.09. The Hall–Kier alpha value is -2.22. The average Bonchev–Trinajstić information content (AvgIpc) is 2.48. The number of methoxy groups -OCH3 is 1. The summed E-state index contributed by atoms with van der Waals surface area (Å²) in [5, 5.41) is 12.3. The van der Waals surface area contributed by atoms with Crippen molar-refractivity contribution in [2.45, 2.75) is 26.3 Å². The summed E-state index contributed by atoms with van der Waals surface area (Å²) in [5.74, 6) is 0.631. The molecule has 0 aliphatic heterocycles. The van der Waals surface area contributed by atoms with Gasteiger partial charge in [-0.25, -0.2) is 0 Å². The summed E-state index contributed by atoms with van der Waals surface area (Å²) in [6, 6.07) is 8.89. The van der Waals surface area contributed by atoms with Crippen molar-refractivity contribution < 1.29 is 9.53 Å². The van der Waals surface area contributed by atoms with Crippen molar-refractivity contribution >= 4 is 11.6 Å². The fraction of sp³-hybridized carbons (Fsp3) is 0.467. The molecule has 1 N–H and O–H groups in total. The first-order valence-corrected chi connectivity index (χ1v) is 6.73. The van der Waals surface area contributed by atoms with Crippen molar-refractivity contribution in [3.05, 3.63) is 24.3 Å². The van der Waals surface area contributed by atoms with Gasteiger partial charge in [0.25, 0.3) is 0 Å². The van der Waals surface area contributed by atoms with Crippen molar-refractivity contribution in [1.29, 1.82) is 5.26 Å². The second-order valence-electron chi connectivity index (χ2n) is 4.30. The minimum atomic E-state index is -0.570. The highest BCUT2D eigenvalue weighted by atomic mass is 16.5. The van der Waals surface area contributed by atoms with Crippen molar-refractivity contribution in [3.8, 4) is 11.8 Å². The van der Waals surface area contributed by atoms with Crippen molar-refractivity contribution in [2.24, 2.45) is 0 Å². The lowest BCUT2D eigenvalue weighted by atomic mass is 10.2. The Kier molecular flexibility index (Phi) is 6.38. The first-order chi connectivity index (χ1) is 9.65. The zero-order valence-corrected chi connectivity index (χ0v) is 12.2. The van der Waals surface area contributed by atoms with E-state index < -0.39 is 6.04 Å². The normalized spacial score (nSPS) is 11.3. The van der Waals surface area contributed by atoms with Crippen LogP contribution in [-0.2, 0) is 4.79 Å². The number of nitrogens with zero attached hydrogens (tertiary/aromatic N) is 2. The van der Waals surface area contributed by atoms with Crippen LogP contribution in [0, 0.1) is 11.3 Å². The van der Waals surface area contributed by atoms with Gasteiger partial charge in [0.2, 0.25) is 5.91 Å². The van der Waals surface area contributed by atoms with Gasteiger partial charge in [0.05, 0.1) is 25.3 Å². The number of nitrogens with one attached hydrogen (secondary N) is 1. The number of carbonyl (C=O) groups is 1. The van der Waals surface area contributed by atoms with Gasteiger partial charge in [0, 0.05) is 13.1 Å². The van der Waals surface area contributed by atoms with E-state index in [1.807, 2.05) is 38.1 Å². The van der Waals surface area contributed by atoms with Crippen LogP contribution in [0.2, 0.25) is 0 Å². The number of nitriles is 1. The Bertz CT molecular complexity index is 478. The van der Waals surface area contributed by atoms with E-state index in [0.717, 1.165) is 0 Å². The summed E-state index contributed by atoms with van der Waals surface area (Å²) in [5.41, 5.74) is 0.717. The van der Waals surface area contributed by atoms with E-state index in [4.69, 9.17) is 4.74 Å². The first-order valence-electron chi connectivity index (χ1n) is 6.73. The highest BCUT2D eigenvalue weighted by Gasteiger charge is 2.18. The molecule has 0 aromatic heterocycles. The number of amides is 1. The molecule has 0 aliphatic carbocycles. The van der Waals surface area contributed by atoms with Gasteiger partial charge >= 0.3 is 0 Å². The molecule has 0 bridgehead atoms. The number of anilines is 1. The van der Waals surface area contributed by atoms with Crippen LogP contribution >= 0.6 is 0 Å². The molecule has 108 valence electrons. The summed E-state index contributed by atoms with van der Waals surface area (Å²) in [4.78, 5) is 13.7. The number of hydrogen-bond donors (Lipinski definition) is 1. The van der Waals surface area contributed by atoms with E-state index in [-0.39, 0.29) is 12.3 Å². The molecule has 1 amide bonds. The lowest BCUT2D eigenvalue weighted by molar-refractivity contribution is -0.130. The highest BCUT2D eigenvalue weighted by molar-refractivity contribution is 5.78. The SMILES string of the molecule is CCN(CC)C(=O)CC(C#N)Nc1ccccc1OC. The molecule has 1 aromatic rings. The Morgan fingerprint density at radius 1 is 1.40 bits per heavy atom. The van der Waals surface area contributed by atoms with Gasteiger partial charge in [-0.2, -0.15) is 5.26 Å². The predicted molar refractivity (Wildman–Crippen MR) is 78.6 cm³/mol. The standard InChI is InChI=1S/C15H21N3O2/c1-4-18(5-2)15(19)10-12(11-16)17-13-8-6-7-9-14(13)20-3/h6-9,12,17H,4-5,10H2,1-3H3. The molecule has 5 heteroatoms. The minimum absolute atomic E-state index is 0.0241. The van der Waals surface area contributed by atoms with Crippen LogP contribution in [0.25, 0.3) is 0 Å². The highest BCUT2D eigenvalue weighted by Crippen LogP contribution is 2.24. The topological polar surface area (TPSA) is 65.4 Å². The van der Waals surface area contributed by atoms with Gasteiger partial charge in [0.15, 0.2) is 0 Å². The maximum Gasteiger partial charge on any atom is 0.225 e. The smallest absolute Gasteiger partial charge is 0.225 e. The van der Waals surface area contributed by atoms with Crippen molar-refractivity contribution in [1.82, 2.24) is 4.90 Å². The molecule has 0 saturated carbocycles. The largest absolute Gasteiger partial charge is 0.495 e. The number of ether oxygens (including phenoxy) is 1. The van der Waals surface area contributed by atoms with Crippen LogP contribution in [0.5, 0.6) is 5.75 Å². The van der Waals surface area contributed by atoms with Crippen LogP contribution in [0.1, 0.15) is 20.3 Å². The van der Waals surface area contributed by atoms with Crippen molar-refractivity contribution in [3.63, 3.8) is 0 Å². The fourth-order valence-electron chi connectivity index (χ4n) is 1.96. The van der Waals surface area contributed by atoms with E-state index >= 15 is 0 Å². The van der Waals surface area contributed by atoms with E-state index in [1.165, 1.54) is 0 Å². The number of benzene rings is 1. The quantitative estimate of drug-likeness (QED) is 0.829. The molecular formula is C15H21N3O2. The molecule has 1 unspecified atom stereocenters. The molecule has 0 saturated heterocycles. The average molecular weight is 275 g/mol. The zero-order chi connectivity index (χ0) is 15.0. The summed E-state index contributed by atoms with van der Waals surface area (Å²) < 4.78 is 5.22. The molecule has 1 aromatic carbocycles. The minimum Gasteiger partial charge on any atom is -0.495 e. The lowest BCUT2D eigenvalue weighted by Gasteiger charge is -2.21. The summed E-state index contributed by atoms with van der Waals surface area (Å²) in [6.45, 7) is 5.16. The first kappa shape index (κ1) is 15.8. The summed E-state index contributed by atoms with van der Waals surface area (Å²) in [7, 11) is 1.57. The molecular weight excluding hydrogens is 254 g/mol. The Balaban J connectivity index is 2.73. The molecule has 0 heterocycles. The van der Waals surface area contributed by atoms with E-state index in [1.54, 1.807) is 12.0 Å². The summed E-state index contributed by atoms with van der Waals surface area (Å²) >= 11 is 0. The van der Waals surface area contributed by atoms with Crippen molar-refractivity contribution in [2.75, 3.05) is 25.5 Å². The Morgan fingerprint density at radius 2 is 2.05 bits per heavy atom. The zero-order valence-electron chi connectivity index (χ0n) is 12.2. The van der Waals surface area contributed by atoms with Crippen LogP contribution in [-0.4, -0.2) is 37.0 Å². The van der Waals surface area contributed by atoms with Gasteiger partial charge in [-0.1, -0.05) is 12.1 Å².